The van der Waals surface area contributed by atoms with Crippen molar-refractivity contribution in [1.29, 1.82) is 0 Å². The van der Waals surface area contributed by atoms with Crippen LogP contribution in [0.5, 0.6) is 0 Å². The van der Waals surface area contributed by atoms with E-state index >= 15 is 0 Å². The molecule has 0 atom stereocenters. The molecule has 2 N–H and O–H groups in total. The van der Waals surface area contributed by atoms with E-state index in [4.69, 9.17) is 5.73 Å². The zero-order valence-electron chi connectivity index (χ0n) is 16.6. The van der Waals surface area contributed by atoms with Gasteiger partial charge >= 0.3 is 0 Å². The van der Waals surface area contributed by atoms with E-state index < -0.39 is 9.84 Å². The lowest BCUT2D eigenvalue weighted by Crippen LogP contribution is -2.06. The van der Waals surface area contributed by atoms with Gasteiger partial charge in [-0.05, 0) is 42.0 Å². The number of fused-ring (bicyclic) bond motifs is 2. The average Bonchev–Trinajstić information content (AvgIpc) is 3.08. The number of sulfone groups is 1. The molecule has 0 aliphatic carbocycles. The van der Waals surface area contributed by atoms with Crippen molar-refractivity contribution in [3.8, 4) is 0 Å². The number of aromatic nitrogens is 3. The van der Waals surface area contributed by atoms with Crippen molar-refractivity contribution in [2.75, 3.05) is 5.73 Å². The predicted molar refractivity (Wildman–Crippen MR) is 121 cm³/mol. The molecule has 2 heterocycles. The van der Waals surface area contributed by atoms with Crippen LogP contribution in [0, 0.1) is 5.82 Å². The summed E-state index contributed by atoms with van der Waals surface area (Å²) in [6.07, 6.45) is 1.45. The molecule has 32 heavy (non-hydrogen) atoms. The van der Waals surface area contributed by atoms with Crippen LogP contribution in [0.3, 0.4) is 0 Å². The van der Waals surface area contributed by atoms with E-state index in [1.165, 1.54) is 35.2 Å². The SMILES string of the molecule is Nc1c(S(=O)(=O)c2ccccc2)c2nc3ccccc3nc2n1N=Cc1ccc(F)cc1. The Balaban J connectivity index is 1.79. The molecule has 5 rings (SSSR count). The molecule has 0 aliphatic rings. The molecule has 0 spiro atoms. The van der Waals surface area contributed by atoms with Crippen LogP contribution >= 0.6 is 0 Å². The molecule has 0 saturated heterocycles. The van der Waals surface area contributed by atoms with Gasteiger partial charge in [-0.1, -0.05) is 42.5 Å². The minimum absolute atomic E-state index is 0.0863. The van der Waals surface area contributed by atoms with Crippen LogP contribution in [0.15, 0.2) is 93.8 Å². The third kappa shape index (κ3) is 3.28. The topological polar surface area (TPSA) is 103 Å². The van der Waals surface area contributed by atoms with Gasteiger partial charge in [0.05, 0.1) is 22.1 Å². The molecule has 0 amide bonds. The number of anilines is 1. The van der Waals surface area contributed by atoms with Crippen molar-refractivity contribution >= 4 is 44.1 Å². The van der Waals surface area contributed by atoms with E-state index in [1.54, 1.807) is 48.5 Å². The van der Waals surface area contributed by atoms with Crippen LogP contribution in [0.2, 0.25) is 0 Å². The largest absolute Gasteiger partial charge is 0.382 e. The fourth-order valence-corrected chi connectivity index (χ4v) is 4.90. The molecule has 7 nitrogen and oxygen atoms in total. The third-order valence-corrected chi connectivity index (χ3v) is 6.78. The van der Waals surface area contributed by atoms with Gasteiger partial charge < -0.3 is 5.73 Å². The number of benzene rings is 3. The Bertz CT molecular complexity index is 1600. The first-order valence-corrected chi connectivity index (χ1v) is 11.1. The molecule has 5 aromatic rings. The second-order valence-electron chi connectivity index (χ2n) is 7.02. The molecule has 158 valence electrons. The van der Waals surface area contributed by atoms with Crippen molar-refractivity contribution in [2.45, 2.75) is 9.79 Å². The zero-order valence-corrected chi connectivity index (χ0v) is 17.4. The molecule has 0 radical (unpaired) electrons. The smallest absolute Gasteiger partial charge is 0.212 e. The lowest BCUT2D eigenvalue weighted by molar-refractivity contribution is 0.597. The van der Waals surface area contributed by atoms with Gasteiger partial charge in [-0.15, -0.1) is 0 Å². The Morgan fingerprint density at radius 1 is 0.875 bits per heavy atom. The van der Waals surface area contributed by atoms with Crippen molar-refractivity contribution in [3.63, 3.8) is 0 Å². The van der Waals surface area contributed by atoms with Gasteiger partial charge in [0.15, 0.2) is 5.65 Å². The number of rotatable bonds is 4. The van der Waals surface area contributed by atoms with Crippen molar-refractivity contribution in [3.05, 3.63) is 90.2 Å². The first kappa shape index (κ1) is 19.8. The van der Waals surface area contributed by atoms with E-state index in [2.05, 4.69) is 15.1 Å². The minimum Gasteiger partial charge on any atom is -0.382 e. The number of nitrogens with zero attached hydrogens (tertiary/aromatic N) is 4. The molecular formula is C23H16FN5O2S. The van der Waals surface area contributed by atoms with Crippen molar-refractivity contribution in [2.24, 2.45) is 5.10 Å². The normalized spacial score (nSPS) is 12.2. The van der Waals surface area contributed by atoms with Gasteiger partial charge in [0.25, 0.3) is 0 Å². The lowest BCUT2D eigenvalue weighted by atomic mass is 10.2. The van der Waals surface area contributed by atoms with Crippen molar-refractivity contribution < 1.29 is 12.8 Å². The number of hydrogen-bond donors (Lipinski definition) is 1. The molecule has 0 aliphatic heterocycles. The number of nitrogens with two attached hydrogens (primary N) is 1. The van der Waals surface area contributed by atoms with Crippen LogP contribution in [-0.2, 0) is 9.84 Å². The fraction of sp³-hybridized carbons (Fsp3) is 0. The summed E-state index contributed by atoms with van der Waals surface area (Å²) in [7, 11) is -4.00. The highest BCUT2D eigenvalue weighted by Gasteiger charge is 2.30. The lowest BCUT2D eigenvalue weighted by Gasteiger charge is -2.04. The summed E-state index contributed by atoms with van der Waals surface area (Å²) in [6, 6.07) is 20.8. The maximum Gasteiger partial charge on any atom is 0.212 e. The second-order valence-corrected chi connectivity index (χ2v) is 8.91. The Morgan fingerprint density at radius 2 is 1.50 bits per heavy atom. The Morgan fingerprint density at radius 3 is 2.19 bits per heavy atom. The molecule has 2 aromatic heterocycles. The zero-order chi connectivity index (χ0) is 22.3. The Hall–Kier alpha value is -4.11. The number of halogens is 1. The van der Waals surface area contributed by atoms with E-state index in [9.17, 15) is 12.8 Å². The second kappa shape index (κ2) is 7.54. The van der Waals surface area contributed by atoms with Crippen LogP contribution in [-0.4, -0.2) is 29.3 Å². The number of nitrogen functional groups attached to an aromatic ring is 1. The van der Waals surface area contributed by atoms with Gasteiger partial charge in [0.2, 0.25) is 9.84 Å². The molecule has 0 unspecified atom stereocenters. The maximum absolute atomic E-state index is 13.5. The highest BCUT2D eigenvalue weighted by Crippen LogP contribution is 2.35. The summed E-state index contributed by atoms with van der Waals surface area (Å²) < 4.78 is 41.4. The standard InChI is InChI=1S/C23H16FN5O2S/c24-16-12-10-15(11-13-16)14-26-29-22(25)21(32(30,31)17-6-2-1-3-7-17)20-23(29)28-19-9-5-4-8-18(19)27-20/h1-14H,25H2. The molecule has 0 bridgehead atoms. The summed E-state index contributed by atoms with van der Waals surface area (Å²) >= 11 is 0. The number of para-hydroxylation sites is 2. The van der Waals surface area contributed by atoms with Crippen molar-refractivity contribution in [1.82, 2.24) is 14.6 Å². The Kier molecular flexibility index (Phi) is 4.67. The fourth-order valence-electron chi connectivity index (χ4n) is 3.39. The third-order valence-electron chi connectivity index (χ3n) is 4.94. The molecule has 9 heteroatoms. The predicted octanol–water partition coefficient (Wildman–Crippen LogP) is 4.02. The van der Waals surface area contributed by atoms with Crippen LogP contribution < -0.4 is 5.73 Å². The molecule has 0 saturated carbocycles. The highest BCUT2D eigenvalue weighted by atomic mass is 32.2. The Labute approximate surface area is 182 Å². The summed E-state index contributed by atoms with van der Waals surface area (Å²) in [4.78, 5) is 9.05. The summed E-state index contributed by atoms with van der Waals surface area (Å²) in [5.41, 5.74) is 8.36. The summed E-state index contributed by atoms with van der Waals surface area (Å²) in [5.74, 6) is -0.487. The minimum atomic E-state index is -4.00. The van der Waals surface area contributed by atoms with E-state index in [0.717, 1.165) is 0 Å². The van der Waals surface area contributed by atoms with Crippen LogP contribution in [0.4, 0.5) is 10.2 Å². The van der Waals surface area contributed by atoms with E-state index in [-0.39, 0.29) is 32.6 Å². The van der Waals surface area contributed by atoms with E-state index in [0.29, 0.717) is 16.6 Å². The molecule has 0 fully saturated rings. The molecule has 3 aromatic carbocycles. The number of hydrogen-bond acceptors (Lipinski definition) is 6. The average molecular weight is 445 g/mol. The monoisotopic (exact) mass is 445 g/mol. The van der Waals surface area contributed by atoms with E-state index in [1.807, 2.05) is 6.07 Å². The van der Waals surface area contributed by atoms with Gasteiger partial charge in [-0.2, -0.15) is 9.78 Å². The maximum atomic E-state index is 13.5. The summed E-state index contributed by atoms with van der Waals surface area (Å²) in [6.45, 7) is 0. The van der Waals surface area contributed by atoms with Gasteiger partial charge in [0, 0.05) is 0 Å². The van der Waals surface area contributed by atoms with Crippen LogP contribution in [0.25, 0.3) is 22.2 Å². The molecular weight excluding hydrogens is 429 g/mol. The van der Waals surface area contributed by atoms with Gasteiger partial charge in [0.1, 0.15) is 22.0 Å². The quantitative estimate of drug-likeness (QED) is 0.421. The first-order chi connectivity index (χ1) is 15.4. The van der Waals surface area contributed by atoms with Gasteiger partial charge in [-0.25, -0.2) is 22.8 Å². The summed E-state index contributed by atoms with van der Waals surface area (Å²) in [5, 5.41) is 4.35. The highest BCUT2D eigenvalue weighted by molar-refractivity contribution is 7.92. The van der Waals surface area contributed by atoms with Gasteiger partial charge in [-0.3, -0.25) is 0 Å². The van der Waals surface area contributed by atoms with Crippen LogP contribution in [0.1, 0.15) is 5.56 Å². The first-order valence-electron chi connectivity index (χ1n) is 9.62.